The Bertz CT molecular complexity index is 1180. The number of aryl methyl sites for hydroxylation is 1. The first kappa shape index (κ1) is 21.1. The fraction of sp³-hybridized carbons (Fsp3) is 0.429. The highest BCUT2D eigenvalue weighted by Crippen LogP contribution is 2.20. The molecule has 10 heteroatoms. The number of aromatic nitrogens is 4. The maximum absolute atomic E-state index is 12.6. The number of anilines is 1. The summed E-state index contributed by atoms with van der Waals surface area (Å²) in [4.78, 5) is 37.2. The van der Waals surface area contributed by atoms with Gasteiger partial charge in [0.1, 0.15) is 0 Å². The number of halogens is 2. The van der Waals surface area contributed by atoms with E-state index in [9.17, 15) is 18.4 Å². The van der Waals surface area contributed by atoms with Crippen molar-refractivity contribution >= 4 is 16.6 Å². The zero-order valence-corrected chi connectivity index (χ0v) is 17.2. The summed E-state index contributed by atoms with van der Waals surface area (Å²) < 4.78 is 27.8. The van der Waals surface area contributed by atoms with Crippen LogP contribution in [0.4, 0.5) is 14.5 Å². The van der Waals surface area contributed by atoms with Gasteiger partial charge in [-0.1, -0.05) is 0 Å². The molecular formula is C21H24F2N6O2. The summed E-state index contributed by atoms with van der Waals surface area (Å²) in [6.07, 6.45) is 0.166. The molecule has 0 radical (unpaired) electrons. The van der Waals surface area contributed by atoms with Crippen molar-refractivity contribution in [2.24, 2.45) is 0 Å². The highest BCUT2D eigenvalue weighted by atomic mass is 19.3. The zero-order chi connectivity index (χ0) is 22.0. The van der Waals surface area contributed by atoms with E-state index < -0.39 is 18.5 Å². The SMILES string of the molecule is Cc1cc(=O)n(CCN2CCN(c3ccc4c(=O)n(CC(F)F)cnc4c3)CC2)cn1. The molecule has 4 rings (SSSR count). The molecule has 0 bridgehead atoms. The molecule has 3 heterocycles. The molecule has 8 nitrogen and oxygen atoms in total. The summed E-state index contributed by atoms with van der Waals surface area (Å²) in [7, 11) is 0. The highest BCUT2D eigenvalue weighted by molar-refractivity contribution is 5.81. The van der Waals surface area contributed by atoms with E-state index in [-0.39, 0.29) is 5.56 Å². The second-order valence-electron chi connectivity index (χ2n) is 7.69. The number of hydrogen-bond acceptors (Lipinski definition) is 6. The third kappa shape index (κ3) is 4.79. The topological polar surface area (TPSA) is 76.3 Å². The quantitative estimate of drug-likeness (QED) is 0.588. The van der Waals surface area contributed by atoms with Crippen molar-refractivity contribution in [1.29, 1.82) is 0 Å². The van der Waals surface area contributed by atoms with Crippen molar-refractivity contribution in [1.82, 2.24) is 24.0 Å². The molecule has 1 aliphatic heterocycles. The molecule has 0 amide bonds. The van der Waals surface area contributed by atoms with Crippen LogP contribution in [0.25, 0.3) is 10.9 Å². The minimum Gasteiger partial charge on any atom is -0.369 e. The van der Waals surface area contributed by atoms with Crippen LogP contribution in [0.2, 0.25) is 0 Å². The van der Waals surface area contributed by atoms with Crippen molar-refractivity contribution in [3.63, 3.8) is 0 Å². The number of nitrogens with zero attached hydrogens (tertiary/aromatic N) is 6. The van der Waals surface area contributed by atoms with Gasteiger partial charge in [-0.15, -0.1) is 0 Å². The average Bonchev–Trinajstić information content (AvgIpc) is 2.75. The Kier molecular flexibility index (Phi) is 6.08. The Hall–Kier alpha value is -3.14. The molecule has 31 heavy (non-hydrogen) atoms. The van der Waals surface area contributed by atoms with Gasteiger partial charge in [0.05, 0.1) is 30.1 Å². The lowest BCUT2D eigenvalue weighted by Gasteiger charge is -2.36. The standard InChI is InChI=1S/C21H24F2N6O2/c1-15-10-20(30)28(13-24-15)9-6-26-4-7-27(8-5-26)16-2-3-17-18(11-16)25-14-29(21(17)31)12-19(22)23/h2-3,10-11,13-14,19H,4-9,12H2,1H3. The summed E-state index contributed by atoms with van der Waals surface area (Å²) in [6.45, 7) is 5.79. The van der Waals surface area contributed by atoms with Crippen LogP contribution in [-0.4, -0.2) is 63.2 Å². The molecule has 0 saturated carbocycles. The van der Waals surface area contributed by atoms with Crippen LogP contribution >= 0.6 is 0 Å². The Balaban J connectivity index is 1.39. The third-order valence-electron chi connectivity index (χ3n) is 5.55. The van der Waals surface area contributed by atoms with Crippen LogP contribution < -0.4 is 16.0 Å². The summed E-state index contributed by atoms with van der Waals surface area (Å²) in [6, 6.07) is 6.86. The number of rotatable bonds is 6. The number of hydrogen-bond donors (Lipinski definition) is 0. The van der Waals surface area contributed by atoms with Crippen LogP contribution in [0.1, 0.15) is 5.69 Å². The maximum atomic E-state index is 12.6. The van der Waals surface area contributed by atoms with Gasteiger partial charge in [0, 0.05) is 56.7 Å². The minimum absolute atomic E-state index is 0.0394. The van der Waals surface area contributed by atoms with Crippen molar-refractivity contribution in [2.75, 3.05) is 37.6 Å². The van der Waals surface area contributed by atoms with Gasteiger partial charge in [-0.2, -0.15) is 0 Å². The fourth-order valence-electron chi connectivity index (χ4n) is 3.79. The molecule has 1 aromatic carbocycles. The molecule has 0 unspecified atom stereocenters. The van der Waals surface area contributed by atoms with Crippen LogP contribution in [0.5, 0.6) is 0 Å². The van der Waals surface area contributed by atoms with E-state index in [0.29, 0.717) is 23.1 Å². The molecular weight excluding hydrogens is 406 g/mol. The van der Waals surface area contributed by atoms with Crippen LogP contribution in [0.3, 0.4) is 0 Å². The first-order valence-electron chi connectivity index (χ1n) is 10.2. The number of fused-ring (bicyclic) bond motifs is 1. The van der Waals surface area contributed by atoms with Gasteiger partial charge in [0.2, 0.25) is 0 Å². The molecule has 0 atom stereocenters. The van der Waals surface area contributed by atoms with E-state index >= 15 is 0 Å². The van der Waals surface area contributed by atoms with Crippen molar-refractivity contribution in [3.05, 3.63) is 63.3 Å². The largest absolute Gasteiger partial charge is 0.369 e. The van der Waals surface area contributed by atoms with Crippen molar-refractivity contribution in [2.45, 2.75) is 26.4 Å². The van der Waals surface area contributed by atoms with Gasteiger partial charge in [0.15, 0.2) is 0 Å². The average molecular weight is 430 g/mol. The molecule has 1 fully saturated rings. The van der Waals surface area contributed by atoms with Gasteiger partial charge in [-0.3, -0.25) is 23.6 Å². The van der Waals surface area contributed by atoms with Gasteiger partial charge in [0.25, 0.3) is 17.5 Å². The van der Waals surface area contributed by atoms with E-state index in [1.165, 1.54) is 12.4 Å². The van der Waals surface area contributed by atoms with Crippen LogP contribution in [0, 0.1) is 6.92 Å². The molecule has 0 aliphatic carbocycles. The summed E-state index contributed by atoms with van der Waals surface area (Å²) in [5.41, 5.74) is 1.67. The first-order valence-corrected chi connectivity index (χ1v) is 10.2. The first-order chi connectivity index (χ1) is 14.9. The Labute approximate surface area is 177 Å². The van der Waals surface area contributed by atoms with E-state index in [4.69, 9.17) is 0 Å². The maximum Gasteiger partial charge on any atom is 0.261 e. The lowest BCUT2D eigenvalue weighted by molar-refractivity contribution is 0.125. The Morgan fingerprint density at radius 2 is 1.71 bits per heavy atom. The molecule has 0 spiro atoms. The Morgan fingerprint density at radius 3 is 2.42 bits per heavy atom. The van der Waals surface area contributed by atoms with Gasteiger partial charge in [-0.25, -0.2) is 18.7 Å². The van der Waals surface area contributed by atoms with E-state index in [0.717, 1.165) is 43.0 Å². The lowest BCUT2D eigenvalue weighted by Crippen LogP contribution is -2.47. The molecule has 164 valence electrons. The molecule has 1 saturated heterocycles. The van der Waals surface area contributed by atoms with Crippen molar-refractivity contribution < 1.29 is 8.78 Å². The zero-order valence-electron chi connectivity index (χ0n) is 17.2. The van der Waals surface area contributed by atoms with Gasteiger partial charge < -0.3 is 4.90 Å². The van der Waals surface area contributed by atoms with E-state index in [1.807, 2.05) is 12.1 Å². The smallest absolute Gasteiger partial charge is 0.261 e. The second-order valence-corrected chi connectivity index (χ2v) is 7.69. The summed E-state index contributed by atoms with van der Waals surface area (Å²) in [5.74, 6) is 0. The van der Waals surface area contributed by atoms with Gasteiger partial charge in [-0.05, 0) is 25.1 Å². The summed E-state index contributed by atoms with van der Waals surface area (Å²) in [5, 5.41) is 0.336. The van der Waals surface area contributed by atoms with E-state index in [1.54, 1.807) is 23.9 Å². The number of alkyl halides is 2. The molecule has 1 aliphatic rings. The number of piperazine rings is 1. The minimum atomic E-state index is -2.60. The molecule has 3 aromatic rings. The van der Waals surface area contributed by atoms with E-state index in [2.05, 4.69) is 19.8 Å². The second kappa shape index (κ2) is 8.93. The fourth-order valence-corrected chi connectivity index (χ4v) is 3.79. The number of benzene rings is 1. The summed E-state index contributed by atoms with van der Waals surface area (Å²) >= 11 is 0. The predicted octanol–water partition coefficient (Wildman–Crippen LogP) is 1.35. The predicted molar refractivity (Wildman–Crippen MR) is 114 cm³/mol. The highest BCUT2D eigenvalue weighted by Gasteiger charge is 2.18. The van der Waals surface area contributed by atoms with Crippen molar-refractivity contribution in [3.8, 4) is 0 Å². The molecule has 0 N–H and O–H groups in total. The molecule has 2 aromatic heterocycles. The van der Waals surface area contributed by atoms with Crippen LogP contribution in [0.15, 0.2) is 46.5 Å². The monoisotopic (exact) mass is 430 g/mol. The Morgan fingerprint density at radius 1 is 0.968 bits per heavy atom. The third-order valence-corrected chi connectivity index (χ3v) is 5.55. The van der Waals surface area contributed by atoms with Gasteiger partial charge >= 0.3 is 0 Å². The lowest BCUT2D eigenvalue weighted by atomic mass is 10.2. The van der Waals surface area contributed by atoms with Crippen LogP contribution in [-0.2, 0) is 13.1 Å². The normalized spacial score (nSPS) is 15.2.